The largest absolute Gasteiger partial charge is 0.329 e. The molecule has 0 fully saturated rings. The van der Waals surface area contributed by atoms with E-state index >= 15 is 0 Å². The van der Waals surface area contributed by atoms with Crippen LogP contribution in [0.2, 0.25) is 0 Å². The molecule has 0 saturated carbocycles. The van der Waals surface area contributed by atoms with E-state index in [1.807, 2.05) is 78.5 Å². The maximum absolute atomic E-state index is 4.67. The van der Waals surface area contributed by atoms with E-state index in [-0.39, 0.29) is 0 Å². The average Bonchev–Trinajstić information content (AvgIpc) is 2.62. The van der Waals surface area contributed by atoms with Gasteiger partial charge in [0.2, 0.25) is 5.95 Å². The van der Waals surface area contributed by atoms with Crippen LogP contribution in [0.5, 0.6) is 0 Å². The van der Waals surface area contributed by atoms with Crippen LogP contribution < -0.4 is 9.80 Å². The Morgan fingerprint density at radius 1 is 0.682 bits per heavy atom. The van der Waals surface area contributed by atoms with Crippen molar-refractivity contribution in [1.29, 1.82) is 0 Å². The van der Waals surface area contributed by atoms with Crippen LogP contribution >= 0.6 is 0 Å². The number of nitrogens with zero attached hydrogens (tertiary/aromatic N) is 4. The minimum absolute atomic E-state index is 0.673. The van der Waals surface area contributed by atoms with E-state index in [2.05, 4.69) is 22.1 Å². The molecule has 0 atom stereocenters. The molecule has 2 aromatic carbocycles. The molecule has 1 aromatic heterocycles. The van der Waals surface area contributed by atoms with E-state index in [1.54, 1.807) is 6.20 Å². The number of anilines is 4. The molecule has 0 aliphatic rings. The summed E-state index contributed by atoms with van der Waals surface area (Å²) < 4.78 is 0. The molecule has 1 heterocycles. The fourth-order valence-corrected chi connectivity index (χ4v) is 2.24. The number of hydrogen-bond acceptors (Lipinski definition) is 4. The summed E-state index contributed by atoms with van der Waals surface area (Å²) in [6.07, 6.45) is 1.79. The SMILES string of the molecule is CN(c1ccccc1)c1ccnc(N(C)c2ccccc2)n1. The minimum Gasteiger partial charge on any atom is -0.329 e. The van der Waals surface area contributed by atoms with Crippen molar-refractivity contribution < 1.29 is 0 Å². The second kappa shape index (κ2) is 6.26. The van der Waals surface area contributed by atoms with Gasteiger partial charge in [0.05, 0.1) is 0 Å². The van der Waals surface area contributed by atoms with Crippen molar-refractivity contribution in [3.05, 3.63) is 72.9 Å². The van der Waals surface area contributed by atoms with Crippen LogP contribution in [0, 0.1) is 0 Å². The van der Waals surface area contributed by atoms with Crippen LogP contribution in [0.3, 0.4) is 0 Å². The Balaban J connectivity index is 1.90. The number of para-hydroxylation sites is 2. The van der Waals surface area contributed by atoms with Crippen LogP contribution in [0.4, 0.5) is 23.1 Å². The van der Waals surface area contributed by atoms with E-state index in [4.69, 9.17) is 0 Å². The van der Waals surface area contributed by atoms with Gasteiger partial charge in [-0.3, -0.25) is 0 Å². The van der Waals surface area contributed by atoms with Crippen molar-refractivity contribution in [1.82, 2.24) is 9.97 Å². The molecule has 0 unspecified atom stereocenters. The maximum Gasteiger partial charge on any atom is 0.231 e. The molecule has 4 heteroatoms. The normalized spacial score (nSPS) is 10.3. The second-order valence-corrected chi connectivity index (χ2v) is 5.00. The first-order chi connectivity index (χ1) is 10.8. The molecule has 110 valence electrons. The van der Waals surface area contributed by atoms with Gasteiger partial charge in [0, 0.05) is 31.7 Å². The standard InChI is InChI=1S/C18H18N4/c1-21(15-9-5-3-6-10-15)17-13-14-19-18(20-17)22(2)16-11-7-4-8-12-16/h3-14H,1-2H3. The van der Waals surface area contributed by atoms with Crippen molar-refractivity contribution >= 4 is 23.1 Å². The van der Waals surface area contributed by atoms with Gasteiger partial charge in [0.15, 0.2) is 0 Å². The first-order valence-electron chi connectivity index (χ1n) is 7.16. The lowest BCUT2D eigenvalue weighted by Crippen LogP contribution is -2.16. The quantitative estimate of drug-likeness (QED) is 0.726. The van der Waals surface area contributed by atoms with E-state index < -0.39 is 0 Å². The molecule has 0 N–H and O–H groups in total. The van der Waals surface area contributed by atoms with Gasteiger partial charge in [0.1, 0.15) is 5.82 Å². The van der Waals surface area contributed by atoms with Gasteiger partial charge < -0.3 is 9.80 Å². The van der Waals surface area contributed by atoms with Gasteiger partial charge in [-0.05, 0) is 30.3 Å². The Bertz CT molecular complexity index is 668. The highest BCUT2D eigenvalue weighted by atomic mass is 15.3. The molecule has 0 spiro atoms. The van der Waals surface area contributed by atoms with Crippen molar-refractivity contribution in [3.63, 3.8) is 0 Å². The molecular formula is C18H18N4. The zero-order chi connectivity index (χ0) is 15.4. The molecular weight excluding hydrogens is 272 g/mol. The monoisotopic (exact) mass is 290 g/mol. The van der Waals surface area contributed by atoms with E-state index in [0.717, 1.165) is 17.2 Å². The summed E-state index contributed by atoms with van der Waals surface area (Å²) in [6, 6.07) is 22.2. The summed E-state index contributed by atoms with van der Waals surface area (Å²) in [5, 5.41) is 0. The topological polar surface area (TPSA) is 32.3 Å². The molecule has 3 rings (SSSR count). The highest BCUT2D eigenvalue weighted by Crippen LogP contribution is 2.24. The fraction of sp³-hybridized carbons (Fsp3) is 0.111. The summed E-state index contributed by atoms with van der Waals surface area (Å²) in [6.45, 7) is 0. The van der Waals surface area contributed by atoms with Crippen molar-refractivity contribution in [3.8, 4) is 0 Å². The summed E-state index contributed by atoms with van der Waals surface area (Å²) >= 11 is 0. The Hall–Kier alpha value is -2.88. The Morgan fingerprint density at radius 3 is 1.82 bits per heavy atom. The highest BCUT2D eigenvalue weighted by molar-refractivity contribution is 5.62. The lowest BCUT2D eigenvalue weighted by Gasteiger charge is -2.21. The number of benzene rings is 2. The second-order valence-electron chi connectivity index (χ2n) is 5.00. The molecule has 0 aliphatic heterocycles. The third-order valence-electron chi connectivity index (χ3n) is 3.56. The Morgan fingerprint density at radius 2 is 1.23 bits per heavy atom. The highest BCUT2D eigenvalue weighted by Gasteiger charge is 2.10. The molecule has 3 aromatic rings. The first kappa shape index (κ1) is 14.1. The van der Waals surface area contributed by atoms with E-state index in [0.29, 0.717) is 5.95 Å². The van der Waals surface area contributed by atoms with E-state index in [1.165, 1.54) is 0 Å². The van der Waals surface area contributed by atoms with Crippen LogP contribution in [0.1, 0.15) is 0 Å². The zero-order valence-corrected chi connectivity index (χ0v) is 12.7. The van der Waals surface area contributed by atoms with Crippen LogP contribution in [0.25, 0.3) is 0 Å². The predicted octanol–water partition coefficient (Wildman–Crippen LogP) is 4.01. The third-order valence-corrected chi connectivity index (χ3v) is 3.56. The summed E-state index contributed by atoms with van der Waals surface area (Å²) in [7, 11) is 3.97. The minimum atomic E-state index is 0.673. The number of rotatable bonds is 4. The summed E-state index contributed by atoms with van der Waals surface area (Å²) in [5.74, 6) is 1.53. The van der Waals surface area contributed by atoms with Crippen LogP contribution in [-0.4, -0.2) is 24.1 Å². The smallest absolute Gasteiger partial charge is 0.231 e. The lowest BCUT2D eigenvalue weighted by molar-refractivity contribution is 1.01. The molecule has 0 bridgehead atoms. The van der Waals surface area contributed by atoms with Crippen molar-refractivity contribution in [2.45, 2.75) is 0 Å². The molecule has 0 radical (unpaired) electrons. The number of hydrogen-bond donors (Lipinski definition) is 0. The molecule has 0 amide bonds. The van der Waals surface area contributed by atoms with Gasteiger partial charge in [-0.2, -0.15) is 4.98 Å². The van der Waals surface area contributed by atoms with Gasteiger partial charge in [0.25, 0.3) is 0 Å². The van der Waals surface area contributed by atoms with E-state index in [9.17, 15) is 0 Å². The van der Waals surface area contributed by atoms with Gasteiger partial charge >= 0.3 is 0 Å². The van der Waals surface area contributed by atoms with Crippen molar-refractivity contribution in [2.75, 3.05) is 23.9 Å². The summed E-state index contributed by atoms with van der Waals surface area (Å²) in [4.78, 5) is 13.1. The Labute approximate surface area is 130 Å². The van der Waals surface area contributed by atoms with Crippen LogP contribution in [0.15, 0.2) is 72.9 Å². The molecule has 22 heavy (non-hydrogen) atoms. The molecule has 0 saturated heterocycles. The van der Waals surface area contributed by atoms with Gasteiger partial charge in [-0.25, -0.2) is 4.98 Å². The molecule has 4 nitrogen and oxygen atoms in total. The lowest BCUT2D eigenvalue weighted by atomic mass is 10.3. The third kappa shape index (κ3) is 2.91. The summed E-state index contributed by atoms with van der Waals surface area (Å²) in [5.41, 5.74) is 2.15. The zero-order valence-electron chi connectivity index (χ0n) is 12.7. The van der Waals surface area contributed by atoms with Crippen LogP contribution in [-0.2, 0) is 0 Å². The average molecular weight is 290 g/mol. The van der Waals surface area contributed by atoms with Gasteiger partial charge in [-0.1, -0.05) is 36.4 Å². The number of aromatic nitrogens is 2. The van der Waals surface area contributed by atoms with Gasteiger partial charge in [-0.15, -0.1) is 0 Å². The molecule has 0 aliphatic carbocycles. The predicted molar refractivity (Wildman–Crippen MR) is 91.0 cm³/mol. The first-order valence-corrected chi connectivity index (χ1v) is 7.16. The Kier molecular flexibility index (Phi) is 4.01. The maximum atomic E-state index is 4.67. The fourth-order valence-electron chi connectivity index (χ4n) is 2.24. The van der Waals surface area contributed by atoms with Crippen molar-refractivity contribution in [2.24, 2.45) is 0 Å².